The Hall–Kier alpha value is -1.67. The van der Waals surface area contributed by atoms with Gasteiger partial charge in [-0.25, -0.2) is 0 Å². The van der Waals surface area contributed by atoms with Gasteiger partial charge in [-0.3, -0.25) is 4.79 Å². The second-order valence-corrected chi connectivity index (χ2v) is 5.99. The van der Waals surface area contributed by atoms with E-state index in [0.29, 0.717) is 37.2 Å². The highest BCUT2D eigenvalue weighted by atomic mass is 32.2. The number of piperidine rings is 1. The van der Waals surface area contributed by atoms with Crippen molar-refractivity contribution >= 4 is 17.7 Å². The topological polar surface area (TPSA) is 53.3 Å². The second-order valence-electron chi connectivity index (χ2n) is 4.80. The number of carbonyl (C=O) groups excluding carboxylic acids is 1. The fourth-order valence-corrected chi connectivity index (χ4v) is 3.11. The monoisotopic (exact) mass is 290 g/mol. The Morgan fingerprint density at radius 3 is 2.60 bits per heavy atom. The van der Waals surface area contributed by atoms with Gasteiger partial charge in [0.1, 0.15) is 10.5 Å². The number of likely N-dealkylation sites (tertiary alicyclic amines) is 1. The lowest BCUT2D eigenvalue weighted by Gasteiger charge is -2.36. The van der Waals surface area contributed by atoms with Gasteiger partial charge in [-0.15, -0.1) is 11.8 Å². The van der Waals surface area contributed by atoms with Crippen LogP contribution in [0.1, 0.15) is 23.2 Å². The molecule has 0 bridgehead atoms. The van der Waals surface area contributed by atoms with Gasteiger partial charge in [0.25, 0.3) is 5.91 Å². The zero-order valence-electron chi connectivity index (χ0n) is 11.8. The highest BCUT2D eigenvalue weighted by Crippen LogP contribution is 2.34. The van der Waals surface area contributed by atoms with E-state index in [-0.39, 0.29) is 10.7 Å². The lowest BCUT2D eigenvalue weighted by Crippen LogP contribution is -2.44. The molecule has 0 N–H and O–H groups in total. The van der Waals surface area contributed by atoms with Crippen molar-refractivity contribution in [3.8, 4) is 11.8 Å². The summed E-state index contributed by atoms with van der Waals surface area (Å²) in [5.74, 6) is 0.578. The molecule has 1 heterocycles. The van der Waals surface area contributed by atoms with E-state index in [2.05, 4.69) is 6.07 Å². The predicted molar refractivity (Wildman–Crippen MR) is 80.0 cm³/mol. The fourth-order valence-electron chi connectivity index (χ4n) is 2.42. The smallest absolute Gasteiger partial charge is 0.257 e. The Morgan fingerprint density at radius 1 is 1.40 bits per heavy atom. The molecule has 0 spiro atoms. The number of rotatable bonds is 3. The van der Waals surface area contributed by atoms with Crippen molar-refractivity contribution in [1.82, 2.24) is 4.90 Å². The molecule has 0 aromatic heterocycles. The summed E-state index contributed by atoms with van der Waals surface area (Å²) < 4.78 is 4.90. The molecule has 5 heteroatoms. The van der Waals surface area contributed by atoms with Crippen LogP contribution in [0.15, 0.2) is 24.3 Å². The van der Waals surface area contributed by atoms with E-state index in [1.165, 1.54) is 0 Å². The number of para-hydroxylation sites is 1. The van der Waals surface area contributed by atoms with E-state index in [1.807, 2.05) is 23.3 Å². The average molecular weight is 290 g/mol. The number of nitrogens with zero attached hydrogens (tertiary/aromatic N) is 2. The van der Waals surface area contributed by atoms with Crippen molar-refractivity contribution in [3.05, 3.63) is 29.8 Å². The normalized spacial score (nSPS) is 17.4. The van der Waals surface area contributed by atoms with E-state index in [4.69, 9.17) is 4.74 Å². The number of hydrogen-bond acceptors (Lipinski definition) is 4. The molecular weight excluding hydrogens is 272 g/mol. The number of carbonyl (C=O) groups is 1. The minimum absolute atomic E-state index is 0.0184. The summed E-state index contributed by atoms with van der Waals surface area (Å²) in [5, 5.41) is 9.27. The summed E-state index contributed by atoms with van der Waals surface area (Å²) in [5.41, 5.74) is 0.587. The Bertz CT molecular complexity index is 531. The van der Waals surface area contributed by atoms with Crippen molar-refractivity contribution in [2.75, 3.05) is 26.5 Å². The Morgan fingerprint density at radius 2 is 2.05 bits per heavy atom. The van der Waals surface area contributed by atoms with Crippen LogP contribution in [0, 0.1) is 11.3 Å². The third-order valence-electron chi connectivity index (χ3n) is 3.79. The van der Waals surface area contributed by atoms with Gasteiger partial charge in [0.15, 0.2) is 0 Å². The van der Waals surface area contributed by atoms with Crippen LogP contribution in [0.2, 0.25) is 0 Å². The van der Waals surface area contributed by atoms with E-state index >= 15 is 0 Å². The highest BCUT2D eigenvalue weighted by Gasteiger charge is 2.35. The summed E-state index contributed by atoms with van der Waals surface area (Å²) in [6.07, 6.45) is 3.39. The maximum absolute atomic E-state index is 12.5. The molecule has 0 aliphatic carbocycles. The predicted octanol–water partition coefficient (Wildman–Crippen LogP) is 2.56. The lowest BCUT2D eigenvalue weighted by atomic mass is 9.96. The maximum Gasteiger partial charge on any atom is 0.257 e. The van der Waals surface area contributed by atoms with Crippen molar-refractivity contribution < 1.29 is 9.53 Å². The van der Waals surface area contributed by atoms with E-state index in [9.17, 15) is 10.1 Å². The van der Waals surface area contributed by atoms with Crippen molar-refractivity contribution in [3.63, 3.8) is 0 Å². The van der Waals surface area contributed by atoms with Crippen LogP contribution < -0.4 is 4.74 Å². The lowest BCUT2D eigenvalue weighted by molar-refractivity contribution is 0.0713. The number of methoxy groups -OCH3 is 1. The minimum Gasteiger partial charge on any atom is -0.496 e. The molecule has 1 fully saturated rings. The molecular formula is C15H18N2O2S. The first-order valence-electron chi connectivity index (χ1n) is 6.54. The molecule has 1 aromatic rings. The van der Waals surface area contributed by atoms with Crippen LogP contribution in [0.4, 0.5) is 0 Å². The summed E-state index contributed by atoms with van der Waals surface area (Å²) in [7, 11) is 1.57. The molecule has 1 aromatic carbocycles. The molecule has 106 valence electrons. The standard InChI is InChI=1S/C15H18N2O2S/c1-19-13-6-4-3-5-12(13)14(18)17-9-7-15(11-16,20-2)8-10-17/h3-6H,7-10H2,1-2H3. The molecule has 0 unspecified atom stereocenters. The SMILES string of the molecule is COc1ccccc1C(=O)N1CCC(C#N)(SC)CC1. The first kappa shape index (κ1) is 14.7. The maximum atomic E-state index is 12.5. The van der Waals surface area contributed by atoms with Crippen LogP contribution in [0.3, 0.4) is 0 Å². The number of amides is 1. The van der Waals surface area contributed by atoms with Gasteiger partial charge in [-0.1, -0.05) is 12.1 Å². The second kappa shape index (κ2) is 6.19. The highest BCUT2D eigenvalue weighted by molar-refractivity contribution is 8.00. The third kappa shape index (κ3) is 2.75. The molecule has 1 saturated heterocycles. The van der Waals surface area contributed by atoms with Gasteiger partial charge >= 0.3 is 0 Å². The molecule has 0 atom stereocenters. The largest absolute Gasteiger partial charge is 0.496 e. The summed E-state index contributed by atoms with van der Waals surface area (Å²) >= 11 is 1.59. The van der Waals surface area contributed by atoms with E-state index < -0.39 is 0 Å². The molecule has 2 rings (SSSR count). The molecule has 0 saturated carbocycles. The van der Waals surface area contributed by atoms with E-state index in [0.717, 1.165) is 0 Å². The van der Waals surface area contributed by atoms with Crippen LogP contribution in [-0.2, 0) is 0 Å². The van der Waals surface area contributed by atoms with Gasteiger partial charge in [0, 0.05) is 13.1 Å². The number of benzene rings is 1. The van der Waals surface area contributed by atoms with Gasteiger partial charge in [0.05, 0.1) is 18.7 Å². The number of nitriles is 1. The first-order valence-corrected chi connectivity index (χ1v) is 7.77. The first-order chi connectivity index (χ1) is 9.65. The fraction of sp³-hybridized carbons (Fsp3) is 0.467. The van der Waals surface area contributed by atoms with Crippen LogP contribution in [-0.4, -0.2) is 42.0 Å². The molecule has 1 amide bonds. The Kier molecular flexibility index (Phi) is 4.56. The zero-order chi connectivity index (χ0) is 14.6. The van der Waals surface area contributed by atoms with E-state index in [1.54, 1.807) is 31.0 Å². The van der Waals surface area contributed by atoms with Crippen molar-refractivity contribution in [2.45, 2.75) is 17.6 Å². The number of ether oxygens (including phenoxy) is 1. The van der Waals surface area contributed by atoms with Crippen molar-refractivity contribution in [1.29, 1.82) is 5.26 Å². The van der Waals surface area contributed by atoms with Gasteiger partial charge in [0.2, 0.25) is 0 Å². The van der Waals surface area contributed by atoms with Crippen LogP contribution >= 0.6 is 11.8 Å². The quantitative estimate of drug-likeness (QED) is 0.858. The third-order valence-corrected chi connectivity index (χ3v) is 5.07. The molecule has 4 nitrogen and oxygen atoms in total. The molecule has 0 radical (unpaired) electrons. The number of hydrogen-bond donors (Lipinski definition) is 0. The van der Waals surface area contributed by atoms with Gasteiger partial charge < -0.3 is 9.64 Å². The minimum atomic E-state index is -0.336. The Labute approximate surface area is 123 Å². The summed E-state index contributed by atoms with van der Waals surface area (Å²) in [4.78, 5) is 14.3. The van der Waals surface area contributed by atoms with Crippen molar-refractivity contribution in [2.24, 2.45) is 0 Å². The summed E-state index contributed by atoms with van der Waals surface area (Å²) in [6.45, 7) is 1.23. The average Bonchev–Trinajstić information content (AvgIpc) is 2.54. The van der Waals surface area contributed by atoms with Gasteiger partial charge in [-0.05, 0) is 31.2 Å². The van der Waals surface area contributed by atoms with Crippen LogP contribution in [0.25, 0.3) is 0 Å². The molecule has 1 aliphatic rings. The van der Waals surface area contributed by atoms with Crippen LogP contribution in [0.5, 0.6) is 5.75 Å². The number of thioether (sulfide) groups is 1. The summed E-state index contributed by atoms with van der Waals surface area (Å²) in [6, 6.07) is 9.64. The molecule has 20 heavy (non-hydrogen) atoms. The zero-order valence-corrected chi connectivity index (χ0v) is 12.6. The Balaban J connectivity index is 2.11. The van der Waals surface area contributed by atoms with Gasteiger partial charge in [-0.2, -0.15) is 5.26 Å². The molecule has 1 aliphatic heterocycles.